The van der Waals surface area contributed by atoms with Crippen molar-refractivity contribution in [1.29, 1.82) is 0 Å². The van der Waals surface area contributed by atoms with Gasteiger partial charge in [0.15, 0.2) is 0 Å². The SMILES string of the molecule is NCC1(Cc2nc3cc(Br)c(F)cc3[nH]2)CCCCC1. The van der Waals surface area contributed by atoms with Crippen LogP contribution in [0.3, 0.4) is 0 Å². The number of fused-ring (bicyclic) bond motifs is 1. The number of benzene rings is 1. The van der Waals surface area contributed by atoms with Crippen LogP contribution in [0, 0.1) is 11.2 Å². The molecule has 1 aromatic carbocycles. The quantitative estimate of drug-likeness (QED) is 0.890. The Hall–Kier alpha value is -0.940. The molecule has 1 heterocycles. The smallest absolute Gasteiger partial charge is 0.139 e. The molecule has 0 spiro atoms. The van der Waals surface area contributed by atoms with E-state index >= 15 is 0 Å². The molecule has 0 atom stereocenters. The van der Waals surface area contributed by atoms with Gasteiger partial charge in [0.25, 0.3) is 0 Å². The number of aromatic amines is 1. The third-order valence-electron chi connectivity index (χ3n) is 4.46. The molecule has 1 aliphatic carbocycles. The first-order chi connectivity index (χ1) is 9.62. The third kappa shape index (κ3) is 2.61. The molecule has 1 aromatic heterocycles. The molecule has 0 radical (unpaired) electrons. The lowest BCUT2D eigenvalue weighted by atomic mass is 9.72. The molecule has 0 aliphatic heterocycles. The summed E-state index contributed by atoms with van der Waals surface area (Å²) < 4.78 is 14.0. The number of nitrogens with one attached hydrogen (secondary N) is 1. The minimum Gasteiger partial charge on any atom is -0.342 e. The Balaban J connectivity index is 1.90. The van der Waals surface area contributed by atoms with Crippen LogP contribution in [0.15, 0.2) is 16.6 Å². The number of halogens is 2. The van der Waals surface area contributed by atoms with Gasteiger partial charge >= 0.3 is 0 Å². The predicted octanol–water partition coefficient (Wildman–Crippen LogP) is 3.92. The molecule has 1 fully saturated rings. The number of imidazole rings is 1. The van der Waals surface area contributed by atoms with Crippen LogP contribution in [0.25, 0.3) is 11.0 Å². The maximum atomic E-state index is 13.5. The number of nitrogens with two attached hydrogens (primary N) is 1. The van der Waals surface area contributed by atoms with Gasteiger partial charge in [-0.25, -0.2) is 9.37 Å². The molecular weight excluding hydrogens is 321 g/mol. The molecule has 3 nitrogen and oxygen atoms in total. The Kier molecular flexibility index (Phi) is 3.82. The van der Waals surface area contributed by atoms with Gasteiger partial charge in [0.05, 0.1) is 15.5 Å². The number of nitrogens with zero attached hydrogens (tertiary/aromatic N) is 1. The van der Waals surface area contributed by atoms with Crippen molar-refractivity contribution in [3.63, 3.8) is 0 Å². The second-order valence-corrected chi connectivity index (χ2v) is 6.76. The molecule has 20 heavy (non-hydrogen) atoms. The fraction of sp³-hybridized carbons (Fsp3) is 0.533. The monoisotopic (exact) mass is 339 g/mol. The van der Waals surface area contributed by atoms with E-state index in [9.17, 15) is 4.39 Å². The number of rotatable bonds is 3. The summed E-state index contributed by atoms with van der Waals surface area (Å²) in [6, 6.07) is 3.21. The van der Waals surface area contributed by atoms with Crippen molar-refractivity contribution in [2.75, 3.05) is 6.54 Å². The van der Waals surface area contributed by atoms with Gasteiger partial charge in [0.2, 0.25) is 0 Å². The minimum atomic E-state index is -0.265. The molecular formula is C15H19BrFN3. The summed E-state index contributed by atoms with van der Waals surface area (Å²) in [5.74, 6) is 0.656. The van der Waals surface area contributed by atoms with Crippen LogP contribution < -0.4 is 5.73 Å². The normalized spacial score (nSPS) is 18.6. The molecule has 3 N–H and O–H groups in total. The fourth-order valence-corrected chi connectivity index (χ4v) is 3.58. The number of hydrogen-bond acceptors (Lipinski definition) is 2. The highest BCUT2D eigenvalue weighted by Gasteiger charge is 2.31. The van der Waals surface area contributed by atoms with E-state index in [4.69, 9.17) is 5.73 Å². The van der Waals surface area contributed by atoms with Crippen LogP contribution in [0.5, 0.6) is 0 Å². The number of aromatic nitrogens is 2. The lowest BCUT2D eigenvalue weighted by molar-refractivity contribution is 0.194. The zero-order valence-electron chi connectivity index (χ0n) is 11.4. The van der Waals surface area contributed by atoms with Gasteiger partial charge in [0.1, 0.15) is 11.6 Å². The lowest BCUT2D eigenvalue weighted by Crippen LogP contribution is -2.35. The molecule has 0 bridgehead atoms. The fourth-order valence-electron chi connectivity index (χ4n) is 3.25. The van der Waals surface area contributed by atoms with E-state index in [-0.39, 0.29) is 11.2 Å². The van der Waals surface area contributed by atoms with E-state index < -0.39 is 0 Å². The number of hydrogen-bond donors (Lipinski definition) is 2. The van der Waals surface area contributed by atoms with Gasteiger partial charge in [-0.1, -0.05) is 19.3 Å². The number of H-pyrrole nitrogens is 1. The molecule has 0 unspecified atom stereocenters. The van der Waals surface area contributed by atoms with Crippen molar-refractivity contribution in [3.05, 3.63) is 28.2 Å². The summed E-state index contributed by atoms with van der Waals surface area (Å²) >= 11 is 3.20. The van der Waals surface area contributed by atoms with E-state index in [1.165, 1.54) is 38.2 Å². The maximum Gasteiger partial charge on any atom is 0.139 e. The molecule has 108 valence electrons. The highest BCUT2D eigenvalue weighted by Crippen LogP contribution is 2.38. The second-order valence-electron chi connectivity index (χ2n) is 5.91. The Morgan fingerprint density at radius 3 is 2.75 bits per heavy atom. The van der Waals surface area contributed by atoms with Crippen molar-refractivity contribution >= 4 is 27.0 Å². The average Bonchev–Trinajstić information content (AvgIpc) is 2.81. The molecule has 2 aromatic rings. The molecule has 0 amide bonds. The van der Waals surface area contributed by atoms with E-state index in [0.717, 1.165) is 23.3 Å². The average molecular weight is 340 g/mol. The van der Waals surface area contributed by atoms with Gasteiger partial charge in [-0.05, 0) is 46.8 Å². The molecule has 0 saturated heterocycles. The lowest BCUT2D eigenvalue weighted by Gasteiger charge is -2.35. The van der Waals surface area contributed by atoms with Crippen LogP contribution in [0.4, 0.5) is 4.39 Å². The molecule has 1 aliphatic rings. The Morgan fingerprint density at radius 1 is 1.30 bits per heavy atom. The standard InChI is InChI=1S/C15H19BrFN3/c16-10-6-12-13(7-11(10)17)20-14(19-12)8-15(9-18)4-2-1-3-5-15/h6-7H,1-5,8-9,18H2,(H,19,20). The first kappa shape index (κ1) is 14.0. The van der Waals surface area contributed by atoms with Crippen molar-refractivity contribution < 1.29 is 4.39 Å². The summed E-state index contributed by atoms with van der Waals surface area (Å²) in [5, 5.41) is 0. The summed E-state index contributed by atoms with van der Waals surface area (Å²) in [5.41, 5.74) is 7.74. The van der Waals surface area contributed by atoms with Crippen molar-refractivity contribution in [2.45, 2.75) is 38.5 Å². The summed E-state index contributed by atoms with van der Waals surface area (Å²) in [7, 11) is 0. The van der Waals surface area contributed by atoms with Crippen LogP contribution in [-0.2, 0) is 6.42 Å². The highest BCUT2D eigenvalue weighted by atomic mass is 79.9. The van der Waals surface area contributed by atoms with Gasteiger partial charge in [-0.2, -0.15) is 0 Å². The Labute approximate surface area is 126 Å². The minimum absolute atomic E-state index is 0.169. The van der Waals surface area contributed by atoms with Crippen molar-refractivity contribution in [2.24, 2.45) is 11.1 Å². The summed E-state index contributed by atoms with van der Waals surface area (Å²) in [6.07, 6.45) is 6.99. The maximum absolute atomic E-state index is 13.5. The Morgan fingerprint density at radius 2 is 2.05 bits per heavy atom. The first-order valence-electron chi connectivity index (χ1n) is 7.16. The van der Waals surface area contributed by atoms with Gasteiger partial charge < -0.3 is 10.7 Å². The van der Waals surface area contributed by atoms with Gasteiger partial charge in [-0.15, -0.1) is 0 Å². The second kappa shape index (κ2) is 5.45. The first-order valence-corrected chi connectivity index (χ1v) is 7.95. The van der Waals surface area contributed by atoms with Crippen molar-refractivity contribution in [3.8, 4) is 0 Å². The molecule has 3 rings (SSSR count). The predicted molar refractivity (Wildman–Crippen MR) is 82.0 cm³/mol. The van der Waals surface area contributed by atoms with Crippen LogP contribution in [0.2, 0.25) is 0 Å². The van der Waals surface area contributed by atoms with Crippen LogP contribution in [0.1, 0.15) is 37.9 Å². The Bertz CT molecular complexity index is 578. The van der Waals surface area contributed by atoms with E-state index in [1.807, 2.05) is 0 Å². The van der Waals surface area contributed by atoms with Crippen LogP contribution in [-0.4, -0.2) is 16.5 Å². The topological polar surface area (TPSA) is 54.7 Å². The van der Waals surface area contributed by atoms with Gasteiger partial charge in [-0.3, -0.25) is 0 Å². The molecule has 5 heteroatoms. The van der Waals surface area contributed by atoms with E-state index in [1.54, 1.807) is 6.07 Å². The van der Waals surface area contributed by atoms with Crippen molar-refractivity contribution in [1.82, 2.24) is 9.97 Å². The summed E-state index contributed by atoms with van der Waals surface area (Å²) in [6.45, 7) is 0.697. The third-order valence-corrected chi connectivity index (χ3v) is 5.07. The zero-order valence-corrected chi connectivity index (χ0v) is 13.0. The molecule has 1 saturated carbocycles. The van der Waals surface area contributed by atoms with Gasteiger partial charge in [0, 0.05) is 12.5 Å². The van der Waals surface area contributed by atoms with E-state index in [0.29, 0.717) is 11.0 Å². The zero-order chi connectivity index (χ0) is 14.2. The van der Waals surface area contributed by atoms with Crippen LogP contribution >= 0.6 is 15.9 Å². The van der Waals surface area contributed by atoms with E-state index in [2.05, 4.69) is 25.9 Å². The summed E-state index contributed by atoms with van der Waals surface area (Å²) in [4.78, 5) is 7.84. The highest BCUT2D eigenvalue weighted by molar-refractivity contribution is 9.10. The largest absolute Gasteiger partial charge is 0.342 e.